The lowest BCUT2D eigenvalue weighted by atomic mass is 10.1. The summed E-state index contributed by atoms with van der Waals surface area (Å²) in [5, 5.41) is 10.7. The lowest BCUT2D eigenvalue weighted by Gasteiger charge is -2.13. The van der Waals surface area contributed by atoms with E-state index in [2.05, 4.69) is 0 Å². The van der Waals surface area contributed by atoms with E-state index >= 15 is 0 Å². The van der Waals surface area contributed by atoms with Crippen LogP contribution in [0, 0.1) is 15.9 Å². The molecule has 178 valence electrons. The average molecular weight is 495 g/mol. The van der Waals surface area contributed by atoms with Gasteiger partial charge >= 0.3 is 0 Å². The molecule has 0 aromatic heterocycles. The van der Waals surface area contributed by atoms with Gasteiger partial charge in [0.25, 0.3) is 16.8 Å². The maximum Gasteiger partial charge on any atom is 0.293 e. The lowest BCUT2D eigenvalue weighted by Crippen LogP contribution is -2.27. The van der Waals surface area contributed by atoms with Gasteiger partial charge in [-0.25, -0.2) is 4.39 Å². The van der Waals surface area contributed by atoms with Gasteiger partial charge in [0.05, 0.1) is 23.5 Å². The molecule has 0 unspecified atom stereocenters. The van der Waals surface area contributed by atoms with Gasteiger partial charge in [-0.05, 0) is 41.6 Å². The number of rotatable bonds is 8. The Morgan fingerprint density at radius 1 is 1.03 bits per heavy atom. The van der Waals surface area contributed by atoms with Crippen LogP contribution in [0.1, 0.15) is 16.7 Å². The Balaban J connectivity index is 1.51. The quantitative estimate of drug-likeness (QED) is 0.230. The Labute approximate surface area is 204 Å². The highest BCUT2D eigenvalue weighted by Gasteiger charge is 2.36. The topological polar surface area (TPSA) is 99.0 Å². The zero-order valence-electron chi connectivity index (χ0n) is 18.5. The Hall–Kier alpha value is -4.18. The Kier molecular flexibility index (Phi) is 7.11. The highest BCUT2D eigenvalue weighted by Crippen LogP contribution is 2.36. The predicted molar refractivity (Wildman–Crippen MR) is 128 cm³/mol. The second kappa shape index (κ2) is 10.4. The normalized spacial score (nSPS) is 14.5. The first kappa shape index (κ1) is 24.0. The molecule has 1 fully saturated rings. The minimum absolute atomic E-state index is 0.00684. The lowest BCUT2D eigenvalue weighted by molar-refractivity contribution is -0.385. The first-order chi connectivity index (χ1) is 16.9. The van der Waals surface area contributed by atoms with Crippen LogP contribution < -0.4 is 9.47 Å². The number of hydrogen-bond acceptors (Lipinski definition) is 7. The van der Waals surface area contributed by atoms with Crippen LogP contribution in [-0.2, 0) is 17.9 Å². The van der Waals surface area contributed by atoms with Crippen molar-refractivity contribution >= 4 is 34.7 Å². The van der Waals surface area contributed by atoms with Crippen molar-refractivity contribution in [1.82, 2.24) is 4.90 Å². The van der Waals surface area contributed by atoms with Gasteiger partial charge in [-0.1, -0.05) is 42.5 Å². The molecule has 0 aliphatic carbocycles. The number of carbonyl (C=O) groups excluding carboxylic acids is 2. The number of nitro benzene ring substituents is 1. The van der Waals surface area contributed by atoms with Gasteiger partial charge in [0, 0.05) is 17.2 Å². The van der Waals surface area contributed by atoms with Crippen molar-refractivity contribution in [1.29, 1.82) is 0 Å². The molecule has 0 atom stereocenters. The van der Waals surface area contributed by atoms with Crippen LogP contribution in [0.2, 0.25) is 0 Å². The molecule has 35 heavy (non-hydrogen) atoms. The molecular weight excluding hydrogens is 475 g/mol. The van der Waals surface area contributed by atoms with Gasteiger partial charge in [-0.3, -0.25) is 24.6 Å². The molecule has 1 heterocycles. The first-order valence-electron chi connectivity index (χ1n) is 10.4. The summed E-state index contributed by atoms with van der Waals surface area (Å²) in [6, 6.07) is 17.2. The van der Waals surface area contributed by atoms with E-state index in [9.17, 15) is 24.1 Å². The van der Waals surface area contributed by atoms with Gasteiger partial charge in [-0.2, -0.15) is 0 Å². The number of ether oxygens (including phenoxy) is 2. The molecule has 0 spiro atoms. The summed E-state index contributed by atoms with van der Waals surface area (Å²) in [5.74, 6) is -0.164. The van der Waals surface area contributed by atoms with Crippen molar-refractivity contribution in [3.63, 3.8) is 0 Å². The van der Waals surface area contributed by atoms with Crippen molar-refractivity contribution in [2.24, 2.45) is 0 Å². The molecule has 0 bridgehead atoms. The number of thioether (sulfide) groups is 1. The molecule has 1 saturated heterocycles. The highest BCUT2D eigenvalue weighted by molar-refractivity contribution is 8.18. The SMILES string of the molecule is COc1cc(/C=C2\SC(=O)N(Cc3ccccc3[N+](=O)[O-])C2=O)ccc1OCc1ccccc1F. The summed E-state index contributed by atoms with van der Waals surface area (Å²) in [5.41, 5.74) is 1.08. The molecule has 1 aliphatic heterocycles. The fourth-order valence-electron chi connectivity index (χ4n) is 3.44. The number of nitrogens with zero attached hydrogens (tertiary/aromatic N) is 2. The van der Waals surface area contributed by atoms with E-state index in [0.717, 1.165) is 16.7 Å². The number of halogens is 1. The predicted octanol–water partition coefficient (Wildman–Crippen LogP) is 5.56. The van der Waals surface area contributed by atoms with Crippen LogP contribution in [0.15, 0.2) is 71.6 Å². The largest absolute Gasteiger partial charge is 0.493 e. The van der Waals surface area contributed by atoms with Crippen LogP contribution in [0.4, 0.5) is 14.9 Å². The van der Waals surface area contributed by atoms with Crippen LogP contribution in [0.3, 0.4) is 0 Å². The number of nitro groups is 1. The number of imide groups is 1. The van der Waals surface area contributed by atoms with Crippen molar-refractivity contribution in [2.75, 3.05) is 7.11 Å². The number of benzene rings is 3. The van der Waals surface area contributed by atoms with E-state index < -0.39 is 16.1 Å². The maximum atomic E-state index is 13.8. The summed E-state index contributed by atoms with van der Waals surface area (Å²) < 4.78 is 24.9. The van der Waals surface area contributed by atoms with Gasteiger partial charge in [0.2, 0.25) is 0 Å². The molecule has 0 saturated carbocycles. The summed E-state index contributed by atoms with van der Waals surface area (Å²) in [6.45, 7) is -0.196. The number of hydrogen-bond donors (Lipinski definition) is 0. The fraction of sp³-hybridized carbons (Fsp3) is 0.120. The third kappa shape index (κ3) is 5.33. The number of para-hydroxylation sites is 1. The van der Waals surface area contributed by atoms with Crippen LogP contribution in [-0.4, -0.2) is 28.1 Å². The molecule has 3 aromatic rings. The fourth-order valence-corrected chi connectivity index (χ4v) is 4.28. The minimum atomic E-state index is -0.549. The van der Waals surface area contributed by atoms with Crippen LogP contribution in [0.5, 0.6) is 11.5 Å². The minimum Gasteiger partial charge on any atom is -0.493 e. The van der Waals surface area contributed by atoms with Crippen molar-refractivity contribution < 1.29 is 28.4 Å². The average Bonchev–Trinajstić information content (AvgIpc) is 3.11. The second-order valence-electron chi connectivity index (χ2n) is 7.44. The Morgan fingerprint density at radius 2 is 1.74 bits per heavy atom. The summed E-state index contributed by atoms with van der Waals surface area (Å²) in [7, 11) is 1.45. The van der Waals surface area contributed by atoms with Crippen LogP contribution in [0.25, 0.3) is 6.08 Å². The van der Waals surface area contributed by atoms with E-state index in [-0.39, 0.29) is 35.1 Å². The van der Waals surface area contributed by atoms with Gasteiger partial charge in [0.1, 0.15) is 12.4 Å². The third-order valence-corrected chi connectivity index (χ3v) is 6.12. The standard InChI is InChI=1S/C25H19FN2O6S/c1-33-22-12-16(10-11-21(22)34-15-18-7-2-4-8-19(18)26)13-23-24(29)27(25(30)35-23)14-17-6-3-5-9-20(17)28(31)32/h2-13H,14-15H2,1H3/b23-13-. The molecule has 1 aliphatic rings. The van der Waals surface area contributed by atoms with Crippen molar-refractivity contribution in [3.05, 3.63) is 104 Å². The van der Waals surface area contributed by atoms with Crippen LogP contribution >= 0.6 is 11.8 Å². The highest BCUT2D eigenvalue weighted by atomic mass is 32.2. The van der Waals surface area contributed by atoms with E-state index in [0.29, 0.717) is 22.6 Å². The molecule has 4 rings (SSSR count). The summed E-state index contributed by atoms with van der Waals surface area (Å²) in [4.78, 5) is 37.2. The monoisotopic (exact) mass is 494 g/mol. The summed E-state index contributed by atoms with van der Waals surface area (Å²) in [6.07, 6.45) is 1.54. The Morgan fingerprint density at radius 3 is 2.46 bits per heavy atom. The molecule has 8 nitrogen and oxygen atoms in total. The number of amides is 2. The molecule has 0 N–H and O–H groups in total. The van der Waals surface area contributed by atoms with Gasteiger partial charge in [-0.15, -0.1) is 0 Å². The van der Waals surface area contributed by atoms with E-state index in [4.69, 9.17) is 9.47 Å². The molecule has 2 amide bonds. The molecule has 10 heteroatoms. The second-order valence-corrected chi connectivity index (χ2v) is 8.44. The number of carbonyl (C=O) groups is 2. The van der Waals surface area contributed by atoms with Gasteiger partial charge < -0.3 is 9.47 Å². The van der Waals surface area contributed by atoms with Crippen molar-refractivity contribution in [2.45, 2.75) is 13.2 Å². The Bertz CT molecular complexity index is 1340. The van der Waals surface area contributed by atoms with E-state index in [1.165, 1.54) is 37.5 Å². The number of methoxy groups -OCH3 is 1. The molecular formula is C25H19FN2O6S. The zero-order valence-corrected chi connectivity index (χ0v) is 19.3. The van der Waals surface area contributed by atoms with Crippen molar-refractivity contribution in [3.8, 4) is 11.5 Å². The van der Waals surface area contributed by atoms with E-state index in [1.54, 1.807) is 42.5 Å². The smallest absolute Gasteiger partial charge is 0.293 e. The zero-order chi connectivity index (χ0) is 24.9. The van der Waals surface area contributed by atoms with Gasteiger partial charge in [0.15, 0.2) is 11.5 Å². The maximum absolute atomic E-state index is 13.8. The summed E-state index contributed by atoms with van der Waals surface area (Å²) >= 11 is 0.752. The molecule has 0 radical (unpaired) electrons. The van der Waals surface area contributed by atoms with E-state index in [1.807, 2.05) is 0 Å². The third-order valence-electron chi connectivity index (χ3n) is 5.22. The molecule has 3 aromatic carbocycles. The first-order valence-corrected chi connectivity index (χ1v) is 11.2.